The first-order valence-electron chi connectivity index (χ1n) is 9.05. The smallest absolute Gasteiger partial charge is 0.220 e. The Hall–Kier alpha value is -2.30. The van der Waals surface area contributed by atoms with E-state index < -0.39 is 0 Å². The molecule has 1 aliphatic carbocycles. The molecule has 0 aliphatic heterocycles. The SMILES string of the molecule is Cc1nn(C)c(C)c1CCC(=O)NCCOc1ccc2c(c1)CCC2. The van der Waals surface area contributed by atoms with Gasteiger partial charge in [-0.25, -0.2) is 0 Å². The molecule has 0 spiro atoms. The van der Waals surface area contributed by atoms with Gasteiger partial charge in [0.2, 0.25) is 5.91 Å². The zero-order chi connectivity index (χ0) is 17.8. The number of aryl methyl sites for hydroxylation is 4. The number of ether oxygens (including phenoxy) is 1. The van der Waals surface area contributed by atoms with Gasteiger partial charge in [0.15, 0.2) is 0 Å². The van der Waals surface area contributed by atoms with Crippen molar-refractivity contribution in [2.24, 2.45) is 7.05 Å². The Balaban J connectivity index is 1.38. The third kappa shape index (κ3) is 4.21. The van der Waals surface area contributed by atoms with E-state index in [2.05, 4.69) is 22.5 Å². The van der Waals surface area contributed by atoms with Crippen molar-refractivity contribution < 1.29 is 9.53 Å². The van der Waals surface area contributed by atoms with Crippen LogP contribution in [0.25, 0.3) is 0 Å². The standard InChI is InChI=1S/C20H27N3O2/c1-14-19(15(2)23(3)22-14)9-10-20(24)21-11-12-25-18-8-7-16-5-4-6-17(16)13-18/h7-8,13H,4-6,9-12H2,1-3H3,(H,21,24). The van der Waals surface area contributed by atoms with Crippen molar-refractivity contribution >= 4 is 5.91 Å². The van der Waals surface area contributed by atoms with Crippen LogP contribution in [0, 0.1) is 13.8 Å². The second kappa shape index (κ2) is 7.72. The Labute approximate surface area is 149 Å². The normalized spacial score (nSPS) is 12.9. The molecule has 0 atom stereocenters. The summed E-state index contributed by atoms with van der Waals surface area (Å²) in [6.45, 7) is 5.05. The number of rotatable bonds is 7. The molecule has 1 N–H and O–H groups in total. The van der Waals surface area contributed by atoms with Crippen LogP contribution in [-0.4, -0.2) is 28.8 Å². The summed E-state index contributed by atoms with van der Waals surface area (Å²) in [5.41, 5.74) is 6.16. The van der Waals surface area contributed by atoms with Gasteiger partial charge in [-0.05, 0) is 68.4 Å². The number of nitrogens with one attached hydrogen (secondary N) is 1. The van der Waals surface area contributed by atoms with Crippen LogP contribution in [-0.2, 0) is 31.1 Å². The van der Waals surface area contributed by atoms with Crippen LogP contribution < -0.4 is 10.1 Å². The summed E-state index contributed by atoms with van der Waals surface area (Å²) in [4.78, 5) is 12.0. The second-order valence-corrected chi connectivity index (χ2v) is 6.76. The fraction of sp³-hybridized carbons (Fsp3) is 0.500. The summed E-state index contributed by atoms with van der Waals surface area (Å²) >= 11 is 0. The molecule has 0 bridgehead atoms. The lowest BCUT2D eigenvalue weighted by Gasteiger charge is -2.09. The van der Waals surface area contributed by atoms with Crippen LogP contribution in [0.5, 0.6) is 5.75 Å². The molecule has 2 aromatic rings. The molecule has 1 aromatic heterocycles. The van der Waals surface area contributed by atoms with E-state index in [1.54, 1.807) is 0 Å². The maximum absolute atomic E-state index is 12.0. The molecule has 1 aliphatic rings. The molecular formula is C20H27N3O2. The predicted octanol–water partition coefficient (Wildman–Crippen LogP) is 2.65. The Morgan fingerprint density at radius 1 is 1.28 bits per heavy atom. The van der Waals surface area contributed by atoms with E-state index in [9.17, 15) is 4.79 Å². The lowest BCUT2D eigenvalue weighted by Crippen LogP contribution is -2.28. The number of fused-ring (bicyclic) bond motifs is 1. The van der Waals surface area contributed by atoms with Gasteiger partial charge in [-0.1, -0.05) is 6.07 Å². The summed E-state index contributed by atoms with van der Waals surface area (Å²) in [6.07, 6.45) is 4.78. The van der Waals surface area contributed by atoms with Gasteiger partial charge < -0.3 is 10.1 Å². The molecule has 25 heavy (non-hydrogen) atoms. The highest BCUT2D eigenvalue weighted by molar-refractivity contribution is 5.76. The Morgan fingerprint density at radius 2 is 2.08 bits per heavy atom. The number of carbonyl (C=O) groups excluding carboxylic acids is 1. The van der Waals surface area contributed by atoms with Gasteiger partial charge in [0.05, 0.1) is 12.2 Å². The number of hydrogen-bond acceptors (Lipinski definition) is 3. The Kier molecular flexibility index (Phi) is 5.41. The zero-order valence-electron chi connectivity index (χ0n) is 15.4. The molecule has 0 saturated heterocycles. The first-order valence-corrected chi connectivity index (χ1v) is 9.05. The van der Waals surface area contributed by atoms with Gasteiger partial charge in [-0.15, -0.1) is 0 Å². The molecule has 1 heterocycles. The minimum Gasteiger partial charge on any atom is -0.492 e. The van der Waals surface area contributed by atoms with Crippen LogP contribution in [0.4, 0.5) is 0 Å². The number of benzene rings is 1. The predicted molar refractivity (Wildman–Crippen MR) is 98.0 cm³/mol. The maximum Gasteiger partial charge on any atom is 0.220 e. The summed E-state index contributed by atoms with van der Waals surface area (Å²) in [5, 5.41) is 7.32. The number of aromatic nitrogens is 2. The van der Waals surface area contributed by atoms with Crippen LogP contribution in [0.15, 0.2) is 18.2 Å². The highest BCUT2D eigenvalue weighted by Gasteiger charge is 2.12. The molecule has 1 amide bonds. The topological polar surface area (TPSA) is 56.2 Å². The third-order valence-corrected chi connectivity index (χ3v) is 5.02. The molecule has 0 unspecified atom stereocenters. The van der Waals surface area contributed by atoms with E-state index in [0.29, 0.717) is 19.6 Å². The first kappa shape index (κ1) is 17.5. The van der Waals surface area contributed by atoms with E-state index in [4.69, 9.17) is 4.74 Å². The van der Waals surface area contributed by atoms with Crippen LogP contribution in [0.3, 0.4) is 0 Å². The van der Waals surface area contributed by atoms with Crippen LogP contribution in [0.2, 0.25) is 0 Å². The van der Waals surface area contributed by atoms with E-state index in [0.717, 1.165) is 30.0 Å². The minimum atomic E-state index is 0.0557. The number of amides is 1. The van der Waals surface area contributed by atoms with Gasteiger partial charge in [-0.2, -0.15) is 5.10 Å². The molecule has 5 nitrogen and oxygen atoms in total. The van der Waals surface area contributed by atoms with Crippen LogP contribution in [0.1, 0.15) is 40.9 Å². The average Bonchev–Trinajstić information content (AvgIpc) is 3.14. The fourth-order valence-electron chi connectivity index (χ4n) is 3.50. The van der Waals surface area contributed by atoms with Crippen molar-refractivity contribution in [3.63, 3.8) is 0 Å². The Bertz CT molecular complexity index is 765. The molecule has 0 saturated carbocycles. The van der Waals surface area contributed by atoms with Crippen molar-refractivity contribution in [1.29, 1.82) is 0 Å². The molecule has 3 rings (SSSR count). The fourth-order valence-corrected chi connectivity index (χ4v) is 3.50. The van der Waals surface area contributed by atoms with Crippen LogP contribution >= 0.6 is 0 Å². The van der Waals surface area contributed by atoms with Gasteiger partial charge >= 0.3 is 0 Å². The van der Waals surface area contributed by atoms with E-state index >= 15 is 0 Å². The molecule has 134 valence electrons. The lowest BCUT2D eigenvalue weighted by molar-refractivity contribution is -0.121. The van der Waals surface area contributed by atoms with Gasteiger partial charge in [-0.3, -0.25) is 9.48 Å². The maximum atomic E-state index is 12.0. The van der Waals surface area contributed by atoms with Crippen molar-refractivity contribution in [2.45, 2.75) is 46.0 Å². The van der Waals surface area contributed by atoms with E-state index in [-0.39, 0.29) is 5.91 Å². The third-order valence-electron chi connectivity index (χ3n) is 5.02. The highest BCUT2D eigenvalue weighted by Crippen LogP contribution is 2.25. The Morgan fingerprint density at radius 3 is 2.84 bits per heavy atom. The van der Waals surface area contributed by atoms with Gasteiger partial charge in [0, 0.05) is 19.2 Å². The summed E-state index contributed by atoms with van der Waals surface area (Å²) < 4.78 is 7.63. The molecule has 1 aromatic carbocycles. The lowest BCUT2D eigenvalue weighted by atomic mass is 10.1. The summed E-state index contributed by atoms with van der Waals surface area (Å²) in [5.74, 6) is 0.955. The molecule has 5 heteroatoms. The monoisotopic (exact) mass is 341 g/mol. The largest absolute Gasteiger partial charge is 0.492 e. The summed E-state index contributed by atoms with van der Waals surface area (Å²) in [7, 11) is 1.93. The van der Waals surface area contributed by atoms with Gasteiger partial charge in [0.25, 0.3) is 0 Å². The molecule has 0 fully saturated rings. The van der Waals surface area contributed by atoms with Crippen molar-refractivity contribution in [1.82, 2.24) is 15.1 Å². The number of nitrogens with zero attached hydrogens (tertiary/aromatic N) is 2. The quantitative estimate of drug-likeness (QED) is 0.788. The molecule has 0 radical (unpaired) electrons. The highest BCUT2D eigenvalue weighted by atomic mass is 16.5. The second-order valence-electron chi connectivity index (χ2n) is 6.76. The van der Waals surface area contributed by atoms with E-state index in [1.807, 2.05) is 31.6 Å². The molecular weight excluding hydrogens is 314 g/mol. The summed E-state index contributed by atoms with van der Waals surface area (Å²) in [6, 6.07) is 6.33. The van der Waals surface area contributed by atoms with E-state index in [1.165, 1.54) is 29.5 Å². The van der Waals surface area contributed by atoms with Crippen molar-refractivity contribution in [3.8, 4) is 5.75 Å². The average molecular weight is 341 g/mol. The minimum absolute atomic E-state index is 0.0557. The van der Waals surface area contributed by atoms with Crippen molar-refractivity contribution in [3.05, 3.63) is 46.3 Å². The first-order chi connectivity index (χ1) is 12.0. The van der Waals surface area contributed by atoms with Gasteiger partial charge in [0.1, 0.15) is 12.4 Å². The number of hydrogen-bond donors (Lipinski definition) is 1. The number of carbonyl (C=O) groups is 1. The zero-order valence-corrected chi connectivity index (χ0v) is 15.4. The van der Waals surface area contributed by atoms with Crippen molar-refractivity contribution in [2.75, 3.05) is 13.2 Å².